The topological polar surface area (TPSA) is 59.8 Å². The van der Waals surface area contributed by atoms with E-state index in [9.17, 15) is 4.79 Å². The van der Waals surface area contributed by atoms with E-state index < -0.39 is 0 Å². The fourth-order valence-corrected chi connectivity index (χ4v) is 1.95. The molecule has 1 N–H and O–H groups in total. The fourth-order valence-electron chi connectivity index (χ4n) is 1.95. The van der Waals surface area contributed by atoms with E-state index >= 15 is 0 Å². The number of pyridine rings is 1. The van der Waals surface area contributed by atoms with Gasteiger partial charge < -0.3 is 5.32 Å². The van der Waals surface area contributed by atoms with Crippen LogP contribution in [0.2, 0.25) is 0 Å². The smallest absolute Gasteiger partial charge is 0.253 e. The van der Waals surface area contributed by atoms with Gasteiger partial charge in [-0.15, -0.1) is 0 Å². The number of aryl methyl sites for hydroxylation is 1. The molecule has 0 saturated heterocycles. The fraction of sp³-hybridized carbons (Fsp3) is 0.400. The molecule has 2 aromatic heterocycles. The largest absolute Gasteiger partial charge is 0.355 e. The third kappa shape index (κ3) is 3.23. The molecule has 2 heterocycles. The molecule has 5 nitrogen and oxygen atoms in total. The van der Waals surface area contributed by atoms with E-state index in [0.29, 0.717) is 17.2 Å². The quantitative estimate of drug-likeness (QED) is 0.909. The molecular formula is C15H20N4O. The lowest BCUT2D eigenvalue weighted by Gasteiger charge is -2.05. The summed E-state index contributed by atoms with van der Waals surface area (Å²) in [6.45, 7) is 5.25. The van der Waals surface area contributed by atoms with Crippen molar-refractivity contribution in [2.24, 2.45) is 5.92 Å². The number of aromatic nitrogens is 3. The highest BCUT2D eigenvalue weighted by molar-refractivity contribution is 5.99. The molecule has 0 fully saturated rings. The van der Waals surface area contributed by atoms with Gasteiger partial charge >= 0.3 is 0 Å². The maximum Gasteiger partial charge on any atom is 0.253 e. The number of carbonyl (C=O) groups is 1. The summed E-state index contributed by atoms with van der Waals surface area (Å²) in [5.41, 5.74) is 2.11. The van der Waals surface area contributed by atoms with Crippen LogP contribution in [0.5, 0.6) is 0 Å². The van der Waals surface area contributed by atoms with Crippen molar-refractivity contribution in [3.63, 3.8) is 0 Å². The first kappa shape index (κ1) is 14.2. The molecule has 2 rings (SSSR count). The van der Waals surface area contributed by atoms with Crippen LogP contribution in [0, 0.1) is 5.92 Å². The van der Waals surface area contributed by atoms with E-state index in [2.05, 4.69) is 29.2 Å². The van der Waals surface area contributed by atoms with Crippen LogP contribution in [0.15, 0.2) is 30.7 Å². The minimum Gasteiger partial charge on any atom is -0.355 e. The Hall–Kier alpha value is -2.17. The Balaban J connectivity index is 2.26. The van der Waals surface area contributed by atoms with Crippen molar-refractivity contribution in [2.45, 2.75) is 26.8 Å². The van der Waals surface area contributed by atoms with Crippen LogP contribution in [0.1, 0.15) is 30.6 Å². The molecule has 1 amide bonds. The summed E-state index contributed by atoms with van der Waals surface area (Å²) in [5.74, 6) is 0.502. The normalized spacial score (nSPS) is 10.8. The van der Waals surface area contributed by atoms with Gasteiger partial charge in [0.2, 0.25) is 0 Å². The molecule has 2 aromatic rings. The third-order valence-corrected chi connectivity index (χ3v) is 3.12. The zero-order chi connectivity index (χ0) is 14.5. The Morgan fingerprint density at radius 2 is 2.25 bits per heavy atom. The molecular weight excluding hydrogens is 252 g/mol. The van der Waals surface area contributed by atoms with Crippen LogP contribution >= 0.6 is 0 Å². The van der Waals surface area contributed by atoms with E-state index in [1.165, 1.54) is 0 Å². The standard InChI is InChI=1S/C15H20N4O/c1-11(2)6-8-19-10-12(9-18-19)14-13(15(20)16-3)5-4-7-17-14/h4-5,7,9-11H,6,8H2,1-3H3,(H,16,20). The van der Waals surface area contributed by atoms with Crippen LogP contribution in [-0.2, 0) is 6.54 Å². The van der Waals surface area contributed by atoms with Gasteiger partial charge in [-0.05, 0) is 24.5 Å². The van der Waals surface area contributed by atoms with Crippen LogP contribution in [0.4, 0.5) is 0 Å². The summed E-state index contributed by atoms with van der Waals surface area (Å²) < 4.78 is 1.90. The van der Waals surface area contributed by atoms with Crippen LogP contribution < -0.4 is 5.32 Å². The van der Waals surface area contributed by atoms with Gasteiger partial charge in [-0.1, -0.05) is 13.8 Å². The van der Waals surface area contributed by atoms with Crippen molar-refractivity contribution >= 4 is 5.91 Å². The average Bonchev–Trinajstić information content (AvgIpc) is 2.93. The van der Waals surface area contributed by atoms with E-state index in [0.717, 1.165) is 18.5 Å². The number of carbonyl (C=O) groups excluding carboxylic acids is 1. The van der Waals surface area contributed by atoms with Crippen molar-refractivity contribution in [1.82, 2.24) is 20.1 Å². The van der Waals surface area contributed by atoms with Crippen molar-refractivity contribution in [3.05, 3.63) is 36.3 Å². The minimum atomic E-state index is -0.136. The molecule has 20 heavy (non-hydrogen) atoms. The monoisotopic (exact) mass is 272 g/mol. The second-order valence-electron chi connectivity index (χ2n) is 5.15. The summed E-state index contributed by atoms with van der Waals surface area (Å²) in [7, 11) is 1.62. The summed E-state index contributed by atoms with van der Waals surface area (Å²) in [6.07, 6.45) is 6.46. The Morgan fingerprint density at radius 3 is 2.95 bits per heavy atom. The summed E-state index contributed by atoms with van der Waals surface area (Å²) >= 11 is 0. The van der Waals surface area contributed by atoms with Gasteiger partial charge in [-0.25, -0.2) is 0 Å². The Bertz CT molecular complexity index is 589. The number of hydrogen-bond acceptors (Lipinski definition) is 3. The van der Waals surface area contributed by atoms with E-state index in [1.807, 2.05) is 10.9 Å². The van der Waals surface area contributed by atoms with Crippen molar-refractivity contribution in [3.8, 4) is 11.3 Å². The molecule has 0 aromatic carbocycles. The summed E-state index contributed by atoms with van der Waals surface area (Å²) in [6, 6.07) is 3.53. The lowest BCUT2D eigenvalue weighted by atomic mass is 10.1. The molecule has 0 unspecified atom stereocenters. The minimum absolute atomic E-state index is 0.136. The molecule has 0 saturated carbocycles. The lowest BCUT2D eigenvalue weighted by Crippen LogP contribution is -2.19. The first-order chi connectivity index (χ1) is 9.61. The third-order valence-electron chi connectivity index (χ3n) is 3.12. The van der Waals surface area contributed by atoms with Gasteiger partial charge in [0.05, 0.1) is 17.5 Å². The van der Waals surface area contributed by atoms with Crippen molar-refractivity contribution in [1.29, 1.82) is 0 Å². The van der Waals surface area contributed by atoms with E-state index in [4.69, 9.17) is 0 Å². The second kappa shape index (κ2) is 6.32. The van der Waals surface area contributed by atoms with Gasteiger partial charge in [0.1, 0.15) is 0 Å². The molecule has 0 aliphatic carbocycles. The zero-order valence-corrected chi connectivity index (χ0v) is 12.1. The molecule has 0 atom stereocenters. The van der Waals surface area contributed by atoms with Gasteiger partial charge in [0, 0.05) is 31.5 Å². The van der Waals surface area contributed by atoms with Crippen molar-refractivity contribution in [2.75, 3.05) is 7.05 Å². The predicted octanol–water partition coefficient (Wildman–Crippen LogP) is 2.35. The Kier molecular flexibility index (Phi) is 4.50. The number of amides is 1. The van der Waals surface area contributed by atoms with Gasteiger partial charge in [-0.2, -0.15) is 5.10 Å². The second-order valence-corrected chi connectivity index (χ2v) is 5.15. The van der Waals surface area contributed by atoms with Crippen LogP contribution in [0.3, 0.4) is 0 Å². The highest BCUT2D eigenvalue weighted by atomic mass is 16.1. The maximum atomic E-state index is 11.9. The molecule has 0 aliphatic rings. The Morgan fingerprint density at radius 1 is 1.45 bits per heavy atom. The maximum absolute atomic E-state index is 11.9. The summed E-state index contributed by atoms with van der Waals surface area (Å²) in [4.78, 5) is 16.2. The van der Waals surface area contributed by atoms with Gasteiger partial charge in [0.15, 0.2) is 0 Å². The average molecular weight is 272 g/mol. The molecule has 106 valence electrons. The van der Waals surface area contributed by atoms with Crippen molar-refractivity contribution < 1.29 is 4.79 Å². The first-order valence-electron chi connectivity index (χ1n) is 6.81. The molecule has 5 heteroatoms. The molecule has 0 radical (unpaired) electrons. The number of nitrogens with one attached hydrogen (secondary N) is 1. The highest BCUT2D eigenvalue weighted by Crippen LogP contribution is 2.20. The van der Waals surface area contributed by atoms with Crippen LogP contribution in [0.25, 0.3) is 11.3 Å². The molecule has 0 spiro atoms. The predicted molar refractivity (Wildman–Crippen MR) is 78.3 cm³/mol. The zero-order valence-electron chi connectivity index (χ0n) is 12.1. The number of nitrogens with zero attached hydrogens (tertiary/aromatic N) is 3. The molecule has 0 aliphatic heterocycles. The number of hydrogen-bond donors (Lipinski definition) is 1. The van der Waals surface area contributed by atoms with Gasteiger partial charge in [0.25, 0.3) is 5.91 Å². The first-order valence-corrected chi connectivity index (χ1v) is 6.81. The Labute approximate surface area is 119 Å². The van der Waals surface area contributed by atoms with Gasteiger partial charge in [-0.3, -0.25) is 14.5 Å². The lowest BCUT2D eigenvalue weighted by molar-refractivity contribution is 0.0963. The SMILES string of the molecule is CNC(=O)c1cccnc1-c1cnn(CCC(C)C)c1. The van der Waals surface area contributed by atoms with Crippen LogP contribution in [-0.4, -0.2) is 27.7 Å². The van der Waals surface area contributed by atoms with E-state index in [-0.39, 0.29) is 5.91 Å². The highest BCUT2D eigenvalue weighted by Gasteiger charge is 2.13. The number of rotatable bonds is 5. The summed E-state index contributed by atoms with van der Waals surface area (Å²) in [5, 5.41) is 6.97. The van der Waals surface area contributed by atoms with E-state index in [1.54, 1.807) is 31.6 Å². The molecule has 0 bridgehead atoms.